The first kappa shape index (κ1) is 20.9. The van der Waals surface area contributed by atoms with E-state index in [0.29, 0.717) is 19.8 Å². The van der Waals surface area contributed by atoms with Crippen molar-refractivity contribution in [3.8, 4) is 5.75 Å². The number of nitrogens with zero attached hydrogens (tertiary/aromatic N) is 5. The van der Waals surface area contributed by atoms with Gasteiger partial charge in [-0.05, 0) is 30.7 Å². The fraction of sp³-hybridized carbons (Fsp3) is 0.476. The summed E-state index contributed by atoms with van der Waals surface area (Å²) >= 11 is 0. The third-order valence-corrected chi connectivity index (χ3v) is 4.64. The van der Waals surface area contributed by atoms with Crippen LogP contribution in [-0.4, -0.2) is 73.9 Å². The van der Waals surface area contributed by atoms with Gasteiger partial charge >= 0.3 is 0 Å². The van der Waals surface area contributed by atoms with Crippen LogP contribution in [0.15, 0.2) is 47.7 Å². The smallest absolute Gasteiger partial charge is 0.225 e. The summed E-state index contributed by atoms with van der Waals surface area (Å²) in [6.45, 7) is 8.22. The highest BCUT2D eigenvalue weighted by Crippen LogP contribution is 2.14. The summed E-state index contributed by atoms with van der Waals surface area (Å²) in [5.41, 5.74) is 1.15. The van der Waals surface area contributed by atoms with E-state index in [-0.39, 0.29) is 0 Å². The van der Waals surface area contributed by atoms with Crippen molar-refractivity contribution in [2.75, 3.05) is 57.9 Å². The fourth-order valence-corrected chi connectivity index (χ4v) is 3.10. The second-order valence-corrected chi connectivity index (χ2v) is 6.68. The zero-order valence-corrected chi connectivity index (χ0v) is 17.3. The monoisotopic (exact) mass is 398 g/mol. The molecular weight excluding hydrogens is 368 g/mol. The first-order chi connectivity index (χ1) is 14.3. The molecule has 1 aromatic carbocycles. The van der Waals surface area contributed by atoms with E-state index in [2.05, 4.69) is 44.1 Å². The predicted molar refractivity (Wildman–Crippen MR) is 114 cm³/mol. The van der Waals surface area contributed by atoms with Crippen LogP contribution in [0.5, 0.6) is 5.75 Å². The highest BCUT2D eigenvalue weighted by Gasteiger charge is 2.20. The van der Waals surface area contributed by atoms with Gasteiger partial charge in [0, 0.05) is 52.2 Å². The number of benzene rings is 1. The van der Waals surface area contributed by atoms with Gasteiger partial charge in [0.05, 0.1) is 13.2 Å². The van der Waals surface area contributed by atoms with Crippen LogP contribution in [0.3, 0.4) is 0 Å². The lowest BCUT2D eigenvalue weighted by Crippen LogP contribution is -2.52. The van der Waals surface area contributed by atoms with Crippen molar-refractivity contribution in [3.05, 3.63) is 48.3 Å². The number of guanidine groups is 1. The molecule has 0 unspecified atom stereocenters. The molecule has 0 aliphatic carbocycles. The molecule has 1 N–H and O–H groups in total. The highest BCUT2D eigenvalue weighted by molar-refractivity contribution is 5.80. The van der Waals surface area contributed by atoms with Gasteiger partial charge in [-0.1, -0.05) is 12.1 Å². The van der Waals surface area contributed by atoms with Crippen molar-refractivity contribution in [2.24, 2.45) is 4.99 Å². The molecule has 0 saturated carbocycles. The Labute approximate surface area is 172 Å². The minimum Gasteiger partial charge on any atom is -0.491 e. The summed E-state index contributed by atoms with van der Waals surface area (Å²) in [4.78, 5) is 18.0. The van der Waals surface area contributed by atoms with Crippen LogP contribution in [-0.2, 0) is 11.3 Å². The molecule has 29 heavy (non-hydrogen) atoms. The van der Waals surface area contributed by atoms with Gasteiger partial charge in [-0.2, -0.15) is 0 Å². The summed E-state index contributed by atoms with van der Waals surface area (Å²) in [5, 5.41) is 3.41. The summed E-state index contributed by atoms with van der Waals surface area (Å²) in [6.07, 6.45) is 3.57. The lowest BCUT2D eigenvalue weighted by molar-refractivity contribution is 0.146. The second-order valence-electron chi connectivity index (χ2n) is 6.68. The molecule has 2 heterocycles. The number of rotatable bonds is 8. The van der Waals surface area contributed by atoms with Crippen LogP contribution in [0.2, 0.25) is 0 Å². The van der Waals surface area contributed by atoms with E-state index in [0.717, 1.165) is 55.9 Å². The Bertz CT molecular complexity index is 746. The molecule has 1 aromatic heterocycles. The van der Waals surface area contributed by atoms with Crippen LogP contribution < -0.4 is 15.0 Å². The molecule has 1 saturated heterocycles. The maximum atomic E-state index is 5.61. The first-order valence-corrected chi connectivity index (χ1v) is 10.1. The molecule has 0 amide bonds. The molecular formula is C21H30N6O2. The van der Waals surface area contributed by atoms with Gasteiger partial charge in [-0.3, -0.25) is 0 Å². The number of ether oxygens (including phenoxy) is 2. The molecule has 0 spiro atoms. The number of nitrogens with one attached hydrogen (secondary N) is 1. The summed E-state index contributed by atoms with van der Waals surface area (Å²) in [5.74, 6) is 2.59. The van der Waals surface area contributed by atoms with E-state index in [1.54, 1.807) is 19.5 Å². The topological polar surface area (TPSA) is 75.1 Å². The summed E-state index contributed by atoms with van der Waals surface area (Å²) in [6, 6.07) is 9.91. The zero-order chi connectivity index (χ0) is 20.3. The van der Waals surface area contributed by atoms with E-state index >= 15 is 0 Å². The van der Waals surface area contributed by atoms with E-state index in [9.17, 15) is 0 Å². The minimum absolute atomic E-state index is 0.554. The molecule has 8 heteroatoms. The van der Waals surface area contributed by atoms with Gasteiger partial charge in [0.2, 0.25) is 5.95 Å². The molecule has 1 aliphatic heterocycles. The quantitative estimate of drug-likeness (QED) is 0.413. The van der Waals surface area contributed by atoms with Crippen LogP contribution in [0.1, 0.15) is 12.5 Å². The standard InChI is InChI=1S/C21H30N6O2/c1-3-22-20(25-17-18-5-7-19(8-6-18)29-16-15-28-2)26-11-13-27(14-12-26)21-23-9-4-10-24-21/h4-10H,3,11-17H2,1-2H3,(H,22,25). The molecule has 2 aromatic rings. The highest BCUT2D eigenvalue weighted by atomic mass is 16.5. The van der Waals surface area contributed by atoms with Gasteiger partial charge in [0.25, 0.3) is 0 Å². The molecule has 3 rings (SSSR count). The Kier molecular flexibility index (Phi) is 8.06. The third kappa shape index (κ3) is 6.32. The number of anilines is 1. The number of aliphatic imine (C=N–C) groups is 1. The normalized spacial score (nSPS) is 14.8. The van der Waals surface area contributed by atoms with Crippen LogP contribution in [0.25, 0.3) is 0 Å². The van der Waals surface area contributed by atoms with E-state index in [4.69, 9.17) is 14.5 Å². The zero-order valence-electron chi connectivity index (χ0n) is 17.3. The molecule has 8 nitrogen and oxygen atoms in total. The second kappa shape index (κ2) is 11.2. The maximum Gasteiger partial charge on any atom is 0.225 e. The van der Waals surface area contributed by atoms with Crippen LogP contribution >= 0.6 is 0 Å². The van der Waals surface area contributed by atoms with Gasteiger partial charge in [0.15, 0.2) is 5.96 Å². The minimum atomic E-state index is 0.554. The lowest BCUT2D eigenvalue weighted by atomic mass is 10.2. The van der Waals surface area contributed by atoms with Crippen molar-refractivity contribution in [1.29, 1.82) is 0 Å². The van der Waals surface area contributed by atoms with Gasteiger partial charge in [-0.15, -0.1) is 0 Å². The van der Waals surface area contributed by atoms with Gasteiger partial charge in [-0.25, -0.2) is 15.0 Å². The number of piperazine rings is 1. The number of hydrogen-bond donors (Lipinski definition) is 1. The average Bonchev–Trinajstić information content (AvgIpc) is 2.78. The lowest BCUT2D eigenvalue weighted by Gasteiger charge is -2.36. The summed E-state index contributed by atoms with van der Waals surface area (Å²) < 4.78 is 10.6. The Morgan fingerprint density at radius 3 is 2.45 bits per heavy atom. The molecule has 156 valence electrons. The van der Waals surface area contributed by atoms with Gasteiger partial charge < -0.3 is 24.6 Å². The Morgan fingerprint density at radius 2 is 1.79 bits per heavy atom. The first-order valence-electron chi connectivity index (χ1n) is 10.1. The number of methoxy groups -OCH3 is 1. The molecule has 0 atom stereocenters. The number of aromatic nitrogens is 2. The Balaban J connectivity index is 1.54. The van der Waals surface area contributed by atoms with Crippen molar-refractivity contribution in [3.63, 3.8) is 0 Å². The summed E-state index contributed by atoms with van der Waals surface area (Å²) in [7, 11) is 1.67. The molecule has 0 radical (unpaired) electrons. The van der Waals surface area contributed by atoms with E-state index in [1.165, 1.54) is 0 Å². The fourth-order valence-electron chi connectivity index (χ4n) is 3.10. The average molecular weight is 399 g/mol. The van der Waals surface area contributed by atoms with Crippen molar-refractivity contribution in [2.45, 2.75) is 13.5 Å². The van der Waals surface area contributed by atoms with E-state index < -0.39 is 0 Å². The van der Waals surface area contributed by atoms with Crippen LogP contribution in [0.4, 0.5) is 5.95 Å². The Hall–Kier alpha value is -2.87. The third-order valence-electron chi connectivity index (χ3n) is 4.64. The molecule has 0 bridgehead atoms. The van der Waals surface area contributed by atoms with Crippen LogP contribution in [0, 0.1) is 0 Å². The molecule has 1 aliphatic rings. The predicted octanol–water partition coefficient (Wildman–Crippen LogP) is 1.79. The van der Waals surface area contributed by atoms with Crippen molar-refractivity contribution >= 4 is 11.9 Å². The SMILES string of the molecule is CCNC(=NCc1ccc(OCCOC)cc1)N1CCN(c2ncccn2)CC1. The van der Waals surface area contributed by atoms with Crippen molar-refractivity contribution in [1.82, 2.24) is 20.2 Å². The van der Waals surface area contributed by atoms with E-state index in [1.807, 2.05) is 18.2 Å². The number of hydrogen-bond acceptors (Lipinski definition) is 6. The maximum absolute atomic E-state index is 5.61. The van der Waals surface area contributed by atoms with Crippen molar-refractivity contribution < 1.29 is 9.47 Å². The van der Waals surface area contributed by atoms with Gasteiger partial charge in [0.1, 0.15) is 12.4 Å². The molecule has 1 fully saturated rings. The Morgan fingerprint density at radius 1 is 1.07 bits per heavy atom. The largest absolute Gasteiger partial charge is 0.491 e.